The highest BCUT2D eigenvalue weighted by Gasteiger charge is 2.39. The zero-order valence-corrected chi connectivity index (χ0v) is 30.1. The van der Waals surface area contributed by atoms with Crippen LogP contribution in [0.1, 0.15) is 25.0 Å². The molecule has 10 aromatic rings. The minimum Gasteiger partial charge on any atom is -0.454 e. The second-order valence-electron chi connectivity index (χ2n) is 14.9. The maximum Gasteiger partial charge on any atom is 0.156 e. The topological polar surface area (TPSA) is 19.1 Å². The summed E-state index contributed by atoms with van der Waals surface area (Å²) < 4.78 is 12.1. The Labute approximate surface area is 313 Å². The van der Waals surface area contributed by atoms with Crippen molar-refractivity contribution < 1.29 is 4.74 Å². The average molecular weight is 693 g/mol. The largest absolute Gasteiger partial charge is 0.454 e. The molecule has 0 bridgehead atoms. The van der Waals surface area contributed by atoms with Crippen molar-refractivity contribution in [1.82, 2.24) is 9.13 Å². The summed E-state index contributed by atoms with van der Waals surface area (Å²) in [5, 5.41) is 4.86. The summed E-state index contributed by atoms with van der Waals surface area (Å²) >= 11 is 0. The van der Waals surface area contributed by atoms with E-state index in [1.807, 2.05) is 0 Å². The van der Waals surface area contributed by atoms with E-state index in [0.717, 1.165) is 33.9 Å². The first kappa shape index (κ1) is 30.8. The van der Waals surface area contributed by atoms with Gasteiger partial charge in [-0.2, -0.15) is 0 Å². The van der Waals surface area contributed by atoms with Gasteiger partial charge < -0.3 is 13.9 Å². The Bertz CT molecular complexity index is 3060. The fourth-order valence-corrected chi connectivity index (χ4v) is 9.00. The Balaban J connectivity index is 1.13. The quantitative estimate of drug-likeness (QED) is 0.180. The Morgan fingerprint density at radius 3 is 1.39 bits per heavy atom. The molecule has 0 unspecified atom stereocenters. The Morgan fingerprint density at radius 1 is 0.389 bits per heavy atom. The Hall–Kier alpha value is -6.84. The number of benzene rings is 8. The van der Waals surface area contributed by atoms with Crippen molar-refractivity contribution in [3.63, 3.8) is 0 Å². The van der Waals surface area contributed by atoms with Crippen molar-refractivity contribution in [2.45, 2.75) is 19.3 Å². The molecule has 8 aromatic carbocycles. The van der Waals surface area contributed by atoms with E-state index in [1.54, 1.807) is 0 Å². The van der Waals surface area contributed by atoms with Crippen molar-refractivity contribution in [2.24, 2.45) is 0 Å². The van der Waals surface area contributed by atoms with Gasteiger partial charge in [-0.15, -0.1) is 0 Å². The summed E-state index contributed by atoms with van der Waals surface area (Å²) in [6.45, 7) is 4.72. The molecule has 0 atom stereocenters. The predicted molar refractivity (Wildman–Crippen MR) is 225 cm³/mol. The van der Waals surface area contributed by atoms with Gasteiger partial charge in [0.15, 0.2) is 5.75 Å². The molecule has 0 N–H and O–H groups in total. The first-order valence-corrected chi connectivity index (χ1v) is 18.7. The smallest absolute Gasteiger partial charge is 0.156 e. The van der Waals surface area contributed by atoms with E-state index in [-0.39, 0.29) is 5.41 Å². The third kappa shape index (κ3) is 4.42. The zero-order valence-electron chi connectivity index (χ0n) is 30.1. The highest BCUT2D eigenvalue weighted by Crippen LogP contribution is 2.55. The number of hydrogen-bond acceptors (Lipinski definition) is 1. The van der Waals surface area contributed by atoms with E-state index < -0.39 is 0 Å². The molecule has 3 heteroatoms. The van der Waals surface area contributed by atoms with E-state index in [2.05, 4.69) is 205 Å². The van der Waals surface area contributed by atoms with Gasteiger partial charge in [0.2, 0.25) is 0 Å². The van der Waals surface area contributed by atoms with Gasteiger partial charge in [0.25, 0.3) is 0 Å². The molecule has 1 aliphatic heterocycles. The van der Waals surface area contributed by atoms with Gasteiger partial charge in [-0.1, -0.05) is 147 Å². The first-order chi connectivity index (χ1) is 26.6. The van der Waals surface area contributed by atoms with Crippen LogP contribution in [0.3, 0.4) is 0 Å². The van der Waals surface area contributed by atoms with Crippen LogP contribution in [0.15, 0.2) is 182 Å². The predicted octanol–water partition coefficient (Wildman–Crippen LogP) is 13.6. The lowest BCUT2D eigenvalue weighted by Crippen LogP contribution is -2.25. The molecule has 256 valence electrons. The maximum absolute atomic E-state index is 7.25. The maximum atomic E-state index is 7.25. The van der Waals surface area contributed by atoms with Crippen LogP contribution in [-0.4, -0.2) is 9.13 Å². The van der Waals surface area contributed by atoms with Crippen LogP contribution in [-0.2, 0) is 5.41 Å². The molecule has 11 rings (SSSR count). The monoisotopic (exact) mass is 692 g/mol. The average Bonchev–Trinajstić information content (AvgIpc) is 3.75. The van der Waals surface area contributed by atoms with Crippen molar-refractivity contribution in [2.75, 3.05) is 0 Å². The van der Waals surface area contributed by atoms with Gasteiger partial charge >= 0.3 is 0 Å². The standard InChI is InChI=1S/C51H36N2O/c1-51(2)43-31-29-42-40-18-10-12-20-45(40)53(38-27-23-36(24-28-38)34-15-7-4-8-16-34)49(42)50(43)54-46-32-30-41-39-17-9-11-19-44(39)52(48(41)47(46)51)37-25-21-35(22-26-37)33-13-5-3-6-14-33/h3-32H,1-2H3. The van der Waals surface area contributed by atoms with Crippen molar-refractivity contribution >= 4 is 43.6 Å². The summed E-state index contributed by atoms with van der Waals surface area (Å²) in [7, 11) is 0. The fourth-order valence-electron chi connectivity index (χ4n) is 9.00. The first-order valence-electron chi connectivity index (χ1n) is 18.7. The molecule has 0 radical (unpaired) electrons. The van der Waals surface area contributed by atoms with Crippen molar-refractivity contribution in [1.29, 1.82) is 0 Å². The van der Waals surface area contributed by atoms with Gasteiger partial charge in [0.1, 0.15) is 5.75 Å². The van der Waals surface area contributed by atoms with Crippen LogP contribution < -0.4 is 4.74 Å². The summed E-state index contributed by atoms with van der Waals surface area (Å²) in [4.78, 5) is 0. The van der Waals surface area contributed by atoms with E-state index in [1.165, 1.54) is 66.0 Å². The lowest BCUT2D eigenvalue weighted by atomic mass is 9.74. The molecule has 0 spiro atoms. The number of ether oxygens (including phenoxy) is 1. The summed E-state index contributed by atoms with van der Waals surface area (Å²) in [5.74, 6) is 1.82. The minimum absolute atomic E-state index is 0.384. The van der Waals surface area contributed by atoms with Gasteiger partial charge in [-0.3, -0.25) is 0 Å². The molecule has 0 amide bonds. The third-order valence-corrected chi connectivity index (χ3v) is 11.6. The lowest BCUT2D eigenvalue weighted by molar-refractivity contribution is 0.423. The summed E-state index contributed by atoms with van der Waals surface area (Å²) in [5.41, 5.74) is 13.7. The summed E-state index contributed by atoms with van der Waals surface area (Å²) in [6.07, 6.45) is 0. The molecular formula is C51H36N2O. The van der Waals surface area contributed by atoms with E-state index >= 15 is 0 Å². The molecule has 0 saturated carbocycles. The number of para-hydroxylation sites is 2. The molecule has 3 nitrogen and oxygen atoms in total. The Morgan fingerprint density at radius 2 is 0.833 bits per heavy atom. The molecule has 2 aromatic heterocycles. The van der Waals surface area contributed by atoms with Crippen LogP contribution in [0.5, 0.6) is 11.5 Å². The lowest BCUT2D eigenvalue weighted by Gasteiger charge is -2.36. The normalized spacial score (nSPS) is 13.3. The molecule has 3 heterocycles. The van der Waals surface area contributed by atoms with Crippen molar-refractivity contribution in [3.8, 4) is 45.1 Å². The number of rotatable bonds is 4. The van der Waals surface area contributed by atoms with Gasteiger partial charge in [-0.25, -0.2) is 0 Å². The van der Waals surface area contributed by atoms with Crippen LogP contribution in [0.25, 0.3) is 77.2 Å². The van der Waals surface area contributed by atoms with E-state index in [4.69, 9.17) is 4.74 Å². The highest BCUT2D eigenvalue weighted by atomic mass is 16.5. The second-order valence-corrected chi connectivity index (χ2v) is 14.9. The molecule has 1 aliphatic rings. The molecule has 54 heavy (non-hydrogen) atoms. The zero-order chi connectivity index (χ0) is 36.0. The number of hydrogen-bond donors (Lipinski definition) is 0. The SMILES string of the molecule is CC1(C)c2ccc3c4ccccc4n(-c4ccc(-c5ccccc5)cc4)c3c2Oc2ccc3c4ccccc4n(-c4ccc(-c5ccccc5)cc4)c3c21. The van der Waals surface area contributed by atoms with Crippen LogP contribution in [0.4, 0.5) is 0 Å². The molecule has 0 saturated heterocycles. The van der Waals surface area contributed by atoms with E-state index in [0.29, 0.717) is 0 Å². The molecule has 0 aliphatic carbocycles. The number of aromatic nitrogens is 2. The molecular weight excluding hydrogens is 657 g/mol. The van der Waals surface area contributed by atoms with Gasteiger partial charge in [0, 0.05) is 49.5 Å². The van der Waals surface area contributed by atoms with Gasteiger partial charge in [0.05, 0.1) is 22.1 Å². The Kier molecular flexibility index (Phi) is 6.60. The van der Waals surface area contributed by atoms with Crippen molar-refractivity contribution in [3.05, 3.63) is 193 Å². The molecule has 0 fully saturated rings. The van der Waals surface area contributed by atoms with Crippen LogP contribution in [0, 0.1) is 0 Å². The fraction of sp³-hybridized carbons (Fsp3) is 0.0588. The third-order valence-electron chi connectivity index (χ3n) is 11.6. The number of fused-ring (bicyclic) bond motifs is 10. The highest BCUT2D eigenvalue weighted by molar-refractivity contribution is 6.14. The van der Waals surface area contributed by atoms with E-state index in [9.17, 15) is 0 Å². The minimum atomic E-state index is -0.384. The van der Waals surface area contributed by atoms with Gasteiger partial charge in [-0.05, 0) is 70.8 Å². The summed E-state index contributed by atoms with van der Waals surface area (Å²) in [6, 6.07) is 65.6. The second kappa shape index (κ2) is 11.6. The van der Waals surface area contributed by atoms with Crippen LogP contribution in [0.2, 0.25) is 0 Å². The van der Waals surface area contributed by atoms with Crippen LogP contribution >= 0.6 is 0 Å². The number of nitrogens with zero attached hydrogens (tertiary/aromatic N) is 2.